The van der Waals surface area contributed by atoms with Gasteiger partial charge >= 0.3 is 0 Å². The van der Waals surface area contributed by atoms with Crippen molar-refractivity contribution in [2.45, 2.75) is 25.8 Å². The Morgan fingerprint density at radius 1 is 1.59 bits per heavy atom. The zero-order valence-electron chi connectivity index (χ0n) is 9.62. The lowest BCUT2D eigenvalue weighted by Gasteiger charge is -2.14. The molecule has 0 unspecified atom stereocenters. The second kappa shape index (κ2) is 3.73. The molecule has 0 amide bonds. The van der Waals surface area contributed by atoms with Gasteiger partial charge in [-0.3, -0.25) is 10.1 Å². The molecule has 0 aliphatic heterocycles. The largest absolute Gasteiger partial charge is 0.508 e. The molecule has 0 fully saturated rings. The molecule has 0 saturated heterocycles. The number of rotatable bonds is 3. The molecule has 0 aliphatic rings. The molecule has 6 nitrogen and oxygen atoms in total. The Morgan fingerprint density at radius 3 is 2.94 bits per heavy atom. The summed E-state index contributed by atoms with van der Waals surface area (Å²) in [6.07, 6.45) is 3.54. The summed E-state index contributed by atoms with van der Waals surface area (Å²) in [5.41, 5.74) is 0.300. The Hall–Kier alpha value is -2.11. The van der Waals surface area contributed by atoms with Crippen molar-refractivity contribution in [1.82, 2.24) is 9.38 Å². The van der Waals surface area contributed by atoms with Crippen molar-refractivity contribution >= 4 is 5.65 Å². The molecule has 0 spiro atoms. The minimum atomic E-state index is -1.03. The van der Waals surface area contributed by atoms with E-state index >= 15 is 0 Å². The van der Waals surface area contributed by atoms with Crippen LogP contribution in [0.15, 0.2) is 24.5 Å². The standard InChI is InChI=1S/C11H13N3O3/c1-11(2,14(16)17)6-8-7-12-10-5-9(15)3-4-13(8)10/h3-5,7,15H,6H2,1-2H3. The summed E-state index contributed by atoms with van der Waals surface area (Å²) in [6, 6.07) is 3.04. The zero-order valence-corrected chi connectivity index (χ0v) is 9.62. The van der Waals surface area contributed by atoms with Crippen LogP contribution in [0.5, 0.6) is 5.75 Å². The monoisotopic (exact) mass is 235 g/mol. The average molecular weight is 235 g/mol. The highest BCUT2D eigenvalue weighted by atomic mass is 16.6. The first-order chi connectivity index (χ1) is 7.90. The summed E-state index contributed by atoms with van der Waals surface area (Å²) in [5.74, 6) is 0.128. The van der Waals surface area contributed by atoms with E-state index < -0.39 is 5.54 Å². The SMILES string of the molecule is CC(C)(Cc1cnc2cc(O)ccn12)[N+](=O)[O-]. The first kappa shape index (κ1) is 11.4. The van der Waals surface area contributed by atoms with Crippen LogP contribution in [0, 0.1) is 10.1 Å². The molecule has 17 heavy (non-hydrogen) atoms. The number of hydrogen-bond acceptors (Lipinski definition) is 4. The highest BCUT2D eigenvalue weighted by Crippen LogP contribution is 2.19. The maximum absolute atomic E-state index is 10.9. The Balaban J connectivity index is 2.41. The van der Waals surface area contributed by atoms with Crippen molar-refractivity contribution in [3.63, 3.8) is 0 Å². The van der Waals surface area contributed by atoms with Crippen molar-refractivity contribution in [2.75, 3.05) is 0 Å². The van der Waals surface area contributed by atoms with Gasteiger partial charge in [0.2, 0.25) is 5.54 Å². The van der Waals surface area contributed by atoms with Crippen molar-refractivity contribution < 1.29 is 10.0 Å². The summed E-state index contributed by atoms with van der Waals surface area (Å²) >= 11 is 0. The molecule has 2 aromatic rings. The third-order valence-electron chi connectivity index (χ3n) is 2.68. The number of imidazole rings is 1. The van der Waals surface area contributed by atoms with Crippen LogP contribution in [0.1, 0.15) is 19.5 Å². The van der Waals surface area contributed by atoms with E-state index in [0.717, 1.165) is 5.69 Å². The summed E-state index contributed by atoms with van der Waals surface area (Å²) in [5, 5.41) is 20.2. The number of pyridine rings is 1. The van der Waals surface area contributed by atoms with Gasteiger partial charge in [-0.05, 0) is 6.07 Å². The van der Waals surface area contributed by atoms with Gasteiger partial charge in [0.05, 0.1) is 6.42 Å². The molecule has 2 aromatic heterocycles. The van der Waals surface area contributed by atoms with Gasteiger partial charge < -0.3 is 9.51 Å². The van der Waals surface area contributed by atoms with Gasteiger partial charge in [0, 0.05) is 42.9 Å². The van der Waals surface area contributed by atoms with Crippen LogP contribution in [0.25, 0.3) is 5.65 Å². The van der Waals surface area contributed by atoms with Gasteiger partial charge in [-0.1, -0.05) is 0 Å². The van der Waals surface area contributed by atoms with Crippen LogP contribution >= 0.6 is 0 Å². The Bertz CT molecular complexity index is 574. The van der Waals surface area contributed by atoms with E-state index in [1.54, 1.807) is 30.6 Å². The van der Waals surface area contributed by atoms with Crippen LogP contribution in [0.2, 0.25) is 0 Å². The molecular weight excluding hydrogens is 222 g/mol. The van der Waals surface area contributed by atoms with Crippen molar-refractivity contribution in [2.24, 2.45) is 0 Å². The number of aromatic hydroxyl groups is 1. The van der Waals surface area contributed by atoms with Gasteiger partial charge in [-0.25, -0.2) is 4.98 Å². The molecule has 6 heteroatoms. The van der Waals surface area contributed by atoms with Crippen LogP contribution in [0.4, 0.5) is 0 Å². The molecule has 90 valence electrons. The quantitative estimate of drug-likeness (QED) is 0.647. The molecule has 1 N–H and O–H groups in total. The normalized spacial score (nSPS) is 11.9. The van der Waals surface area contributed by atoms with Gasteiger partial charge in [0.15, 0.2) is 0 Å². The molecular formula is C11H13N3O3. The van der Waals surface area contributed by atoms with Crippen LogP contribution < -0.4 is 0 Å². The molecule has 0 radical (unpaired) electrons. The maximum Gasteiger partial charge on any atom is 0.222 e. The fraction of sp³-hybridized carbons (Fsp3) is 0.364. The predicted octanol–water partition coefficient (Wildman–Crippen LogP) is 1.64. The smallest absolute Gasteiger partial charge is 0.222 e. The average Bonchev–Trinajstić information content (AvgIpc) is 2.60. The minimum Gasteiger partial charge on any atom is -0.508 e. The third-order valence-corrected chi connectivity index (χ3v) is 2.68. The second-order valence-corrected chi connectivity index (χ2v) is 4.61. The number of nitrogens with zero attached hydrogens (tertiary/aromatic N) is 3. The summed E-state index contributed by atoms with van der Waals surface area (Å²) in [4.78, 5) is 14.7. The molecule has 2 heterocycles. The van der Waals surface area contributed by atoms with E-state index in [9.17, 15) is 15.2 Å². The number of fused-ring (bicyclic) bond motifs is 1. The Kier molecular flexibility index (Phi) is 2.49. The third kappa shape index (κ3) is 2.06. The van der Waals surface area contributed by atoms with E-state index in [1.165, 1.54) is 12.1 Å². The van der Waals surface area contributed by atoms with Gasteiger partial charge in [0.1, 0.15) is 11.4 Å². The van der Waals surface area contributed by atoms with E-state index in [2.05, 4.69) is 4.98 Å². The molecule has 0 aliphatic carbocycles. The second-order valence-electron chi connectivity index (χ2n) is 4.61. The topological polar surface area (TPSA) is 80.7 Å². The molecule has 0 saturated carbocycles. The van der Waals surface area contributed by atoms with Crippen molar-refractivity contribution in [3.8, 4) is 5.75 Å². The van der Waals surface area contributed by atoms with Gasteiger partial charge in [-0.15, -0.1) is 0 Å². The number of nitro groups is 1. The Morgan fingerprint density at radius 2 is 2.29 bits per heavy atom. The zero-order chi connectivity index (χ0) is 12.6. The lowest BCUT2D eigenvalue weighted by molar-refractivity contribution is -0.560. The van der Waals surface area contributed by atoms with Crippen LogP contribution in [0.3, 0.4) is 0 Å². The number of hydrogen-bond donors (Lipinski definition) is 1. The predicted molar refractivity (Wildman–Crippen MR) is 61.6 cm³/mol. The first-order valence-electron chi connectivity index (χ1n) is 5.19. The molecule has 0 aromatic carbocycles. The first-order valence-corrected chi connectivity index (χ1v) is 5.19. The highest BCUT2D eigenvalue weighted by molar-refractivity contribution is 5.45. The maximum atomic E-state index is 10.9. The summed E-state index contributed by atoms with van der Waals surface area (Å²) in [7, 11) is 0. The van der Waals surface area contributed by atoms with E-state index in [0.29, 0.717) is 5.65 Å². The lowest BCUT2D eigenvalue weighted by atomic mass is 10.00. The number of aromatic nitrogens is 2. The van der Waals surface area contributed by atoms with Gasteiger partial charge in [-0.2, -0.15) is 0 Å². The molecule has 0 bridgehead atoms. The molecule has 0 atom stereocenters. The molecule has 2 rings (SSSR count). The van der Waals surface area contributed by atoms with E-state index in [4.69, 9.17) is 0 Å². The van der Waals surface area contributed by atoms with E-state index in [1.807, 2.05) is 0 Å². The fourth-order valence-electron chi connectivity index (χ4n) is 1.66. The van der Waals surface area contributed by atoms with Gasteiger partial charge in [0.25, 0.3) is 0 Å². The fourth-order valence-corrected chi connectivity index (χ4v) is 1.66. The van der Waals surface area contributed by atoms with Crippen molar-refractivity contribution in [1.29, 1.82) is 0 Å². The van der Waals surface area contributed by atoms with E-state index in [-0.39, 0.29) is 17.1 Å². The lowest BCUT2D eigenvalue weighted by Crippen LogP contribution is -2.33. The van der Waals surface area contributed by atoms with Crippen LogP contribution in [-0.4, -0.2) is 25.0 Å². The van der Waals surface area contributed by atoms with Crippen molar-refractivity contribution in [3.05, 3.63) is 40.3 Å². The summed E-state index contributed by atoms with van der Waals surface area (Å²) in [6.45, 7) is 3.15. The van der Waals surface area contributed by atoms with Crippen LogP contribution in [-0.2, 0) is 6.42 Å². The summed E-state index contributed by atoms with van der Waals surface area (Å²) < 4.78 is 1.74. The highest BCUT2D eigenvalue weighted by Gasteiger charge is 2.32. The Labute approximate surface area is 97.7 Å². The minimum absolute atomic E-state index is 0.128.